The van der Waals surface area contributed by atoms with E-state index in [4.69, 9.17) is 4.74 Å². The van der Waals surface area contributed by atoms with Crippen LogP contribution in [0.2, 0.25) is 0 Å². The van der Waals surface area contributed by atoms with Gasteiger partial charge in [0.1, 0.15) is 5.82 Å². The summed E-state index contributed by atoms with van der Waals surface area (Å²) in [7, 11) is 0. The van der Waals surface area contributed by atoms with Crippen LogP contribution < -0.4 is 10.2 Å². The first-order chi connectivity index (χ1) is 12.9. The third-order valence-corrected chi connectivity index (χ3v) is 4.60. The van der Waals surface area contributed by atoms with Gasteiger partial charge in [-0.15, -0.1) is 0 Å². The number of esters is 1. The minimum atomic E-state index is -0.664. The largest absolute Gasteiger partial charge is 0.455 e. The molecule has 0 radical (unpaired) electrons. The first kappa shape index (κ1) is 19.0. The zero-order valence-electron chi connectivity index (χ0n) is 14.2. The predicted octanol–water partition coefficient (Wildman–Crippen LogP) is 3.12. The number of carbonyl (C=O) groups is 3. The first-order valence-corrected chi connectivity index (χ1v) is 8.99. The highest BCUT2D eigenvalue weighted by Gasteiger charge is 2.36. The van der Waals surface area contributed by atoms with Gasteiger partial charge in [0.25, 0.3) is 5.91 Å². The quantitative estimate of drug-likeness (QED) is 0.733. The molecule has 1 N–H and O–H groups in total. The Labute approximate surface area is 163 Å². The summed E-state index contributed by atoms with van der Waals surface area (Å²) in [5, 5.41) is 2.61. The Balaban J connectivity index is 1.51. The molecule has 0 spiro atoms. The van der Waals surface area contributed by atoms with E-state index in [2.05, 4.69) is 21.2 Å². The lowest BCUT2D eigenvalue weighted by atomic mass is 10.1. The summed E-state index contributed by atoms with van der Waals surface area (Å²) in [5.41, 5.74) is 1.10. The van der Waals surface area contributed by atoms with Gasteiger partial charge >= 0.3 is 5.97 Å². The molecule has 140 valence electrons. The summed E-state index contributed by atoms with van der Waals surface area (Å²) < 4.78 is 18.9. The molecular formula is C19H16BrFN2O4. The monoisotopic (exact) mass is 434 g/mol. The molecule has 6 nitrogen and oxygen atoms in total. The van der Waals surface area contributed by atoms with Crippen molar-refractivity contribution in [3.63, 3.8) is 0 Å². The maximum Gasteiger partial charge on any atom is 0.311 e. The van der Waals surface area contributed by atoms with Crippen LogP contribution in [0.15, 0.2) is 53.0 Å². The standard InChI is InChI=1S/C19H16BrFN2O4/c20-13-1-5-15(6-2-13)22-17(24)11-27-19(26)12-9-18(25)23(10-12)16-7-3-14(21)4-8-16/h1-8,12H,9-11H2,(H,22,24)/t12-/m0/s1. The molecule has 1 atom stereocenters. The third-order valence-electron chi connectivity index (χ3n) is 4.07. The topological polar surface area (TPSA) is 75.7 Å². The van der Waals surface area contributed by atoms with Crippen LogP contribution in [-0.4, -0.2) is 30.9 Å². The van der Waals surface area contributed by atoms with Gasteiger partial charge in [-0.3, -0.25) is 14.4 Å². The van der Waals surface area contributed by atoms with Gasteiger partial charge in [-0.1, -0.05) is 15.9 Å². The van der Waals surface area contributed by atoms with Gasteiger partial charge in [-0.25, -0.2) is 4.39 Å². The molecule has 0 bridgehead atoms. The summed E-state index contributed by atoms with van der Waals surface area (Å²) >= 11 is 3.30. The highest BCUT2D eigenvalue weighted by atomic mass is 79.9. The second kappa shape index (κ2) is 8.30. The summed E-state index contributed by atoms with van der Waals surface area (Å²) in [4.78, 5) is 37.6. The van der Waals surface area contributed by atoms with Gasteiger partial charge in [-0.2, -0.15) is 0 Å². The maximum absolute atomic E-state index is 13.0. The minimum Gasteiger partial charge on any atom is -0.455 e. The molecule has 1 aliphatic heterocycles. The summed E-state index contributed by atoms with van der Waals surface area (Å²) in [6.07, 6.45) is -0.00938. The fourth-order valence-electron chi connectivity index (χ4n) is 2.72. The van der Waals surface area contributed by atoms with Gasteiger partial charge in [0.15, 0.2) is 6.61 Å². The number of nitrogens with one attached hydrogen (secondary N) is 1. The van der Waals surface area contributed by atoms with Gasteiger partial charge < -0.3 is 15.0 Å². The van der Waals surface area contributed by atoms with E-state index in [0.717, 1.165) is 4.47 Å². The minimum absolute atomic E-state index is 0.00938. The summed E-state index contributed by atoms with van der Waals surface area (Å²) in [6, 6.07) is 12.4. The molecule has 27 heavy (non-hydrogen) atoms. The van der Waals surface area contributed by atoms with E-state index in [1.54, 1.807) is 24.3 Å². The average molecular weight is 435 g/mol. The van der Waals surface area contributed by atoms with E-state index in [0.29, 0.717) is 11.4 Å². The molecule has 2 aromatic carbocycles. The van der Waals surface area contributed by atoms with E-state index >= 15 is 0 Å². The zero-order chi connectivity index (χ0) is 19.4. The maximum atomic E-state index is 13.0. The van der Waals surface area contributed by atoms with Crippen LogP contribution in [0.5, 0.6) is 0 Å². The molecule has 0 aromatic heterocycles. The van der Waals surface area contributed by atoms with Crippen molar-refractivity contribution >= 4 is 45.1 Å². The van der Waals surface area contributed by atoms with E-state index in [1.165, 1.54) is 29.2 Å². The molecule has 0 aliphatic carbocycles. The van der Waals surface area contributed by atoms with Crippen molar-refractivity contribution < 1.29 is 23.5 Å². The molecule has 1 aliphatic rings. The average Bonchev–Trinajstić information content (AvgIpc) is 3.04. The van der Waals surface area contributed by atoms with Crippen LogP contribution in [0.3, 0.4) is 0 Å². The molecule has 8 heteroatoms. The Hall–Kier alpha value is -2.74. The smallest absolute Gasteiger partial charge is 0.311 e. The van der Waals surface area contributed by atoms with Crippen molar-refractivity contribution in [2.75, 3.05) is 23.4 Å². The van der Waals surface area contributed by atoms with Crippen LogP contribution >= 0.6 is 15.9 Å². The number of nitrogens with zero attached hydrogens (tertiary/aromatic N) is 1. The van der Waals surface area contributed by atoms with Crippen LogP contribution in [0.1, 0.15) is 6.42 Å². The summed E-state index contributed by atoms with van der Waals surface area (Å²) in [5.74, 6) is -2.40. The van der Waals surface area contributed by atoms with Crippen molar-refractivity contribution in [3.8, 4) is 0 Å². The number of halogens is 2. The number of amides is 2. The Morgan fingerprint density at radius 3 is 2.48 bits per heavy atom. The van der Waals surface area contributed by atoms with Gasteiger partial charge in [-0.05, 0) is 48.5 Å². The van der Waals surface area contributed by atoms with Crippen molar-refractivity contribution in [3.05, 3.63) is 58.8 Å². The second-order valence-electron chi connectivity index (χ2n) is 6.04. The SMILES string of the molecule is O=C(COC(=O)[C@H]1CC(=O)N(c2ccc(F)cc2)C1)Nc1ccc(Br)cc1. The van der Waals surface area contributed by atoms with Crippen molar-refractivity contribution in [2.45, 2.75) is 6.42 Å². The highest BCUT2D eigenvalue weighted by molar-refractivity contribution is 9.10. The normalized spacial score (nSPS) is 16.3. The molecule has 1 fully saturated rings. The van der Waals surface area contributed by atoms with E-state index in [9.17, 15) is 18.8 Å². The van der Waals surface area contributed by atoms with Crippen LogP contribution in [0.25, 0.3) is 0 Å². The van der Waals surface area contributed by atoms with Crippen molar-refractivity contribution in [1.29, 1.82) is 0 Å². The molecule has 2 amide bonds. The molecule has 0 unspecified atom stereocenters. The molecular weight excluding hydrogens is 419 g/mol. The number of ether oxygens (including phenoxy) is 1. The Morgan fingerprint density at radius 2 is 1.81 bits per heavy atom. The number of hydrogen-bond donors (Lipinski definition) is 1. The number of anilines is 2. The molecule has 1 saturated heterocycles. The number of carbonyl (C=O) groups excluding carboxylic acids is 3. The Morgan fingerprint density at radius 1 is 1.15 bits per heavy atom. The van der Waals surface area contributed by atoms with Gasteiger partial charge in [0.05, 0.1) is 5.92 Å². The molecule has 3 rings (SSSR count). The Kier molecular flexibility index (Phi) is 5.85. The van der Waals surface area contributed by atoms with Gasteiger partial charge in [0.2, 0.25) is 5.91 Å². The molecule has 2 aromatic rings. The van der Waals surface area contributed by atoms with E-state index in [1.807, 2.05) is 0 Å². The lowest BCUT2D eigenvalue weighted by Gasteiger charge is -2.16. The number of hydrogen-bond acceptors (Lipinski definition) is 4. The highest BCUT2D eigenvalue weighted by Crippen LogP contribution is 2.26. The third kappa shape index (κ3) is 4.91. The van der Waals surface area contributed by atoms with E-state index in [-0.39, 0.29) is 18.9 Å². The van der Waals surface area contributed by atoms with Crippen molar-refractivity contribution in [2.24, 2.45) is 5.92 Å². The molecule has 1 heterocycles. The molecule has 0 saturated carbocycles. The lowest BCUT2D eigenvalue weighted by molar-refractivity contribution is -0.151. The van der Waals surface area contributed by atoms with E-state index < -0.39 is 30.2 Å². The van der Waals surface area contributed by atoms with Crippen LogP contribution in [0, 0.1) is 11.7 Å². The fraction of sp³-hybridized carbons (Fsp3) is 0.211. The first-order valence-electron chi connectivity index (χ1n) is 8.20. The van der Waals surface area contributed by atoms with Crippen LogP contribution in [-0.2, 0) is 19.1 Å². The van der Waals surface area contributed by atoms with Crippen molar-refractivity contribution in [1.82, 2.24) is 0 Å². The van der Waals surface area contributed by atoms with Gasteiger partial charge in [0, 0.05) is 28.8 Å². The second-order valence-corrected chi connectivity index (χ2v) is 6.96. The van der Waals surface area contributed by atoms with Crippen LogP contribution in [0.4, 0.5) is 15.8 Å². The Bertz CT molecular complexity index is 855. The fourth-order valence-corrected chi connectivity index (χ4v) is 2.99. The summed E-state index contributed by atoms with van der Waals surface area (Å²) in [6.45, 7) is -0.298. The lowest BCUT2D eigenvalue weighted by Crippen LogP contribution is -2.28. The zero-order valence-corrected chi connectivity index (χ0v) is 15.7. The predicted molar refractivity (Wildman–Crippen MR) is 101 cm³/mol. The number of rotatable bonds is 5. The number of benzene rings is 2.